The lowest BCUT2D eigenvalue weighted by Gasteiger charge is -2.23. The van der Waals surface area contributed by atoms with Gasteiger partial charge in [-0.05, 0) is 37.8 Å². The lowest BCUT2D eigenvalue weighted by Crippen LogP contribution is -2.33. The topological polar surface area (TPSA) is 126 Å². The number of anilines is 1. The van der Waals surface area contributed by atoms with Crippen molar-refractivity contribution in [2.24, 2.45) is 10.4 Å². The van der Waals surface area contributed by atoms with E-state index in [1.165, 1.54) is 24.3 Å². The van der Waals surface area contributed by atoms with E-state index in [1.807, 2.05) is 0 Å². The third-order valence-electron chi connectivity index (χ3n) is 3.30. The first-order chi connectivity index (χ1) is 10.1. The summed E-state index contributed by atoms with van der Waals surface area (Å²) in [5, 5.41) is 38.1. The fraction of sp³-hybridized carbons (Fsp3) is 0.417. The number of nitro benzene ring substituents is 1. The monoisotopic (exact) mass is 293 g/mol. The van der Waals surface area contributed by atoms with Crippen LogP contribution in [0.2, 0.25) is 0 Å². The Balaban J connectivity index is 2.04. The second-order valence-corrected chi connectivity index (χ2v) is 4.67. The minimum Gasteiger partial charge on any atom is -0.695 e. The van der Waals surface area contributed by atoms with Gasteiger partial charge in [-0.2, -0.15) is 4.86 Å². The Labute approximate surface area is 120 Å². The van der Waals surface area contributed by atoms with Crippen LogP contribution in [-0.2, 0) is 0 Å². The molecule has 0 aliphatic heterocycles. The highest BCUT2D eigenvalue weighted by atomic mass is 16.6. The highest BCUT2D eigenvalue weighted by Gasteiger charge is 2.25. The number of nitrogens with one attached hydrogen (secondary N) is 1. The number of oxime groups is 1. The van der Waals surface area contributed by atoms with Crippen LogP contribution in [0.5, 0.6) is 0 Å². The Bertz CT molecular complexity index is 570. The maximum absolute atomic E-state index is 11.9. The van der Waals surface area contributed by atoms with Crippen LogP contribution < -0.4 is 5.43 Å². The normalized spacial score (nSPS) is 21.2. The summed E-state index contributed by atoms with van der Waals surface area (Å²) >= 11 is 0. The van der Waals surface area contributed by atoms with Crippen LogP contribution in [0.4, 0.5) is 11.4 Å². The Morgan fingerprint density at radius 3 is 2.57 bits per heavy atom. The number of nitro groups is 1. The summed E-state index contributed by atoms with van der Waals surface area (Å²) in [7, 11) is 0. The summed E-state index contributed by atoms with van der Waals surface area (Å²) in [6.07, 6.45) is 2.91. The predicted octanol–water partition coefficient (Wildman–Crippen LogP) is 2.66. The number of rotatable bonds is 4. The van der Waals surface area contributed by atoms with Gasteiger partial charge < -0.3 is 10.4 Å². The molecule has 2 rings (SSSR count). The van der Waals surface area contributed by atoms with Crippen molar-refractivity contribution in [3.63, 3.8) is 0 Å². The maximum Gasteiger partial charge on any atom is 0.269 e. The van der Waals surface area contributed by atoms with Crippen molar-refractivity contribution < 1.29 is 15.0 Å². The molecule has 0 radical (unpaired) electrons. The Kier molecular flexibility index (Phi) is 4.64. The van der Waals surface area contributed by atoms with Crippen molar-refractivity contribution in [1.29, 1.82) is 0 Å². The lowest BCUT2D eigenvalue weighted by molar-refractivity contribution is -0.551. The van der Waals surface area contributed by atoms with Gasteiger partial charge in [0.2, 0.25) is 0 Å². The molecule has 112 valence electrons. The third kappa shape index (κ3) is 3.65. The number of non-ortho nitro benzene ring substituents is 1. The van der Waals surface area contributed by atoms with Crippen LogP contribution in [0.1, 0.15) is 25.7 Å². The van der Waals surface area contributed by atoms with E-state index < -0.39 is 11.0 Å². The van der Waals surface area contributed by atoms with Crippen molar-refractivity contribution in [2.45, 2.75) is 31.7 Å². The molecule has 0 bridgehead atoms. The summed E-state index contributed by atoms with van der Waals surface area (Å²) in [4.78, 5) is 10.5. The van der Waals surface area contributed by atoms with Gasteiger partial charge in [-0.3, -0.25) is 10.1 Å². The second kappa shape index (κ2) is 6.64. The standard InChI is InChI=1S/C12H15N5O4/c18-14-11-3-1-2-4-12(11)16(19)15-13-9-5-7-10(8-6-9)17(20)21/h5-8,12-13,18H,1-4H2/b14-11?,16-15-. The van der Waals surface area contributed by atoms with Gasteiger partial charge in [0.1, 0.15) is 11.4 Å². The van der Waals surface area contributed by atoms with E-state index in [1.54, 1.807) is 0 Å². The van der Waals surface area contributed by atoms with Gasteiger partial charge in [-0.1, -0.05) is 5.16 Å². The second-order valence-electron chi connectivity index (χ2n) is 4.67. The van der Waals surface area contributed by atoms with E-state index in [9.17, 15) is 15.3 Å². The molecule has 9 nitrogen and oxygen atoms in total. The molecule has 1 aromatic rings. The minimum absolute atomic E-state index is 0.0403. The average molecular weight is 293 g/mol. The molecule has 1 atom stereocenters. The minimum atomic E-state index is -0.575. The smallest absolute Gasteiger partial charge is 0.269 e. The zero-order valence-electron chi connectivity index (χ0n) is 11.2. The molecule has 1 aliphatic rings. The van der Waals surface area contributed by atoms with E-state index in [4.69, 9.17) is 5.21 Å². The van der Waals surface area contributed by atoms with Gasteiger partial charge >= 0.3 is 0 Å². The molecule has 0 heterocycles. The largest absolute Gasteiger partial charge is 0.695 e. The van der Waals surface area contributed by atoms with Gasteiger partial charge in [0.25, 0.3) is 5.69 Å². The molecule has 1 fully saturated rings. The fourth-order valence-corrected chi connectivity index (χ4v) is 2.17. The number of hydrogen-bond acceptors (Lipinski definition) is 6. The highest BCUT2D eigenvalue weighted by Crippen LogP contribution is 2.19. The van der Waals surface area contributed by atoms with Crippen LogP contribution in [-0.4, -0.2) is 26.7 Å². The molecular formula is C12H15N5O4. The molecule has 9 heteroatoms. The molecule has 0 aromatic heterocycles. The van der Waals surface area contributed by atoms with Crippen molar-refractivity contribution >= 4 is 17.1 Å². The molecule has 0 saturated heterocycles. The summed E-state index contributed by atoms with van der Waals surface area (Å²) in [6.45, 7) is 0. The average Bonchev–Trinajstić information content (AvgIpc) is 2.52. The molecule has 1 saturated carbocycles. The molecule has 0 spiro atoms. The maximum atomic E-state index is 11.9. The Morgan fingerprint density at radius 2 is 1.95 bits per heavy atom. The SMILES string of the molecule is O=[N+]([O-])c1ccc(N/N=[N+](\[O-])C2CCCCC2=NO)cc1. The van der Waals surface area contributed by atoms with Crippen LogP contribution in [0.3, 0.4) is 0 Å². The van der Waals surface area contributed by atoms with Gasteiger partial charge in [-0.25, -0.2) is 0 Å². The quantitative estimate of drug-likeness (QED) is 0.290. The van der Waals surface area contributed by atoms with Crippen LogP contribution in [0, 0.1) is 15.3 Å². The fourth-order valence-electron chi connectivity index (χ4n) is 2.17. The highest BCUT2D eigenvalue weighted by molar-refractivity contribution is 5.88. The zero-order chi connectivity index (χ0) is 15.2. The van der Waals surface area contributed by atoms with Crippen LogP contribution in [0.15, 0.2) is 34.6 Å². The first-order valence-corrected chi connectivity index (χ1v) is 6.50. The molecule has 0 amide bonds. The van der Waals surface area contributed by atoms with E-state index in [0.29, 0.717) is 29.1 Å². The van der Waals surface area contributed by atoms with Crippen molar-refractivity contribution in [3.05, 3.63) is 39.6 Å². The van der Waals surface area contributed by atoms with Gasteiger partial charge in [0.15, 0.2) is 6.04 Å². The molecule has 1 aliphatic carbocycles. The Morgan fingerprint density at radius 1 is 1.24 bits per heavy atom. The molecule has 21 heavy (non-hydrogen) atoms. The van der Waals surface area contributed by atoms with Gasteiger partial charge in [0.05, 0.1) is 10.1 Å². The van der Waals surface area contributed by atoms with Gasteiger partial charge in [0, 0.05) is 12.1 Å². The summed E-state index contributed by atoms with van der Waals surface area (Å²) in [6, 6.07) is 4.96. The Hall–Kier alpha value is -2.71. The van der Waals surface area contributed by atoms with E-state index in [-0.39, 0.29) is 5.69 Å². The molecular weight excluding hydrogens is 278 g/mol. The van der Waals surface area contributed by atoms with Gasteiger partial charge in [-0.15, -0.1) is 5.43 Å². The van der Waals surface area contributed by atoms with E-state index >= 15 is 0 Å². The van der Waals surface area contributed by atoms with Crippen LogP contribution >= 0.6 is 0 Å². The number of hydrogen-bond donors (Lipinski definition) is 2. The summed E-state index contributed by atoms with van der Waals surface area (Å²) < 4.78 is 0. The zero-order valence-corrected chi connectivity index (χ0v) is 11.2. The number of nitrogens with zero attached hydrogens (tertiary/aromatic N) is 4. The number of hydroxylamine groups is 1. The molecule has 1 unspecified atom stereocenters. The lowest BCUT2D eigenvalue weighted by atomic mass is 9.94. The molecule has 1 aromatic carbocycles. The number of benzene rings is 1. The van der Waals surface area contributed by atoms with Crippen molar-refractivity contribution in [1.82, 2.24) is 0 Å². The summed E-state index contributed by atoms with van der Waals surface area (Å²) in [5.41, 5.74) is 3.37. The first-order valence-electron chi connectivity index (χ1n) is 6.50. The predicted molar refractivity (Wildman–Crippen MR) is 74.3 cm³/mol. The molecule has 2 N–H and O–H groups in total. The van der Waals surface area contributed by atoms with Crippen LogP contribution in [0.25, 0.3) is 0 Å². The van der Waals surface area contributed by atoms with E-state index in [2.05, 4.69) is 15.8 Å². The summed E-state index contributed by atoms with van der Waals surface area (Å²) in [5.74, 6) is 0. The third-order valence-corrected chi connectivity index (χ3v) is 3.30. The first kappa shape index (κ1) is 14.7. The van der Waals surface area contributed by atoms with E-state index in [0.717, 1.165) is 12.8 Å². The van der Waals surface area contributed by atoms with Crippen molar-refractivity contribution in [3.8, 4) is 0 Å². The van der Waals surface area contributed by atoms with Crippen molar-refractivity contribution in [2.75, 3.05) is 5.43 Å².